The SMILES string of the molecule is CC(C)c1ccc(C(Cc2ccco2)C(=O)O)cc1. The van der Waals surface area contributed by atoms with Crippen LogP contribution in [0.1, 0.15) is 42.6 Å². The van der Waals surface area contributed by atoms with Crippen molar-refractivity contribution in [2.75, 3.05) is 0 Å². The minimum Gasteiger partial charge on any atom is -0.481 e. The molecule has 0 radical (unpaired) electrons. The molecule has 0 aliphatic heterocycles. The summed E-state index contributed by atoms with van der Waals surface area (Å²) in [6.07, 6.45) is 1.94. The summed E-state index contributed by atoms with van der Waals surface area (Å²) in [5.74, 6) is -0.246. The van der Waals surface area contributed by atoms with E-state index in [2.05, 4.69) is 13.8 Å². The van der Waals surface area contributed by atoms with Crippen molar-refractivity contribution < 1.29 is 14.3 Å². The molecule has 0 saturated heterocycles. The highest BCUT2D eigenvalue weighted by Crippen LogP contribution is 2.24. The number of furan rings is 1. The van der Waals surface area contributed by atoms with Crippen molar-refractivity contribution in [1.29, 1.82) is 0 Å². The molecule has 0 fully saturated rings. The highest BCUT2D eigenvalue weighted by Gasteiger charge is 2.21. The molecule has 0 aliphatic carbocycles. The first-order valence-corrected chi connectivity index (χ1v) is 6.43. The van der Waals surface area contributed by atoms with Crippen molar-refractivity contribution >= 4 is 5.97 Å². The summed E-state index contributed by atoms with van der Waals surface area (Å²) >= 11 is 0. The van der Waals surface area contributed by atoms with Crippen LogP contribution >= 0.6 is 0 Å². The number of rotatable bonds is 5. The van der Waals surface area contributed by atoms with E-state index in [4.69, 9.17) is 4.42 Å². The molecule has 2 aromatic rings. The predicted molar refractivity (Wildman–Crippen MR) is 73.3 cm³/mol. The Morgan fingerprint density at radius 1 is 1.16 bits per heavy atom. The Morgan fingerprint density at radius 2 is 1.79 bits per heavy atom. The third-order valence-electron chi connectivity index (χ3n) is 3.29. The van der Waals surface area contributed by atoms with E-state index in [-0.39, 0.29) is 0 Å². The summed E-state index contributed by atoms with van der Waals surface area (Å²) in [4.78, 5) is 11.4. The Morgan fingerprint density at radius 3 is 2.26 bits per heavy atom. The summed E-state index contributed by atoms with van der Waals surface area (Å²) < 4.78 is 5.23. The molecule has 1 heterocycles. The predicted octanol–water partition coefficient (Wildman–Crippen LogP) is 3.81. The third-order valence-corrected chi connectivity index (χ3v) is 3.29. The maximum absolute atomic E-state index is 11.4. The van der Waals surface area contributed by atoms with E-state index >= 15 is 0 Å². The summed E-state index contributed by atoms with van der Waals surface area (Å²) in [6, 6.07) is 11.4. The van der Waals surface area contributed by atoms with E-state index < -0.39 is 11.9 Å². The zero-order chi connectivity index (χ0) is 13.8. The Labute approximate surface area is 112 Å². The van der Waals surface area contributed by atoms with Gasteiger partial charge in [-0.25, -0.2) is 0 Å². The molecule has 2 rings (SSSR count). The highest BCUT2D eigenvalue weighted by atomic mass is 16.4. The average molecular weight is 258 g/mol. The largest absolute Gasteiger partial charge is 0.481 e. The van der Waals surface area contributed by atoms with Gasteiger partial charge in [-0.3, -0.25) is 4.79 Å². The van der Waals surface area contributed by atoms with Crippen molar-refractivity contribution in [2.45, 2.75) is 32.1 Å². The second-order valence-corrected chi connectivity index (χ2v) is 5.00. The molecule has 0 spiro atoms. The van der Waals surface area contributed by atoms with Crippen molar-refractivity contribution in [3.63, 3.8) is 0 Å². The second-order valence-electron chi connectivity index (χ2n) is 5.00. The number of hydrogen-bond acceptors (Lipinski definition) is 2. The van der Waals surface area contributed by atoms with Crippen molar-refractivity contribution in [3.8, 4) is 0 Å². The zero-order valence-electron chi connectivity index (χ0n) is 11.2. The minimum absolute atomic E-state index is 0.378. The molecule has 0 aliphatic rings. The maximum atomic E-state index is 11.4. The maximum Gasteiger partial charge on any atom is 0.311 e. The Balaban J connectivity index is 2.21. The fourth-order valence-electron chi connectivity index (χ4n) is 2.09. The lowest BCUT2D eigenvalue weighted by molar-refractivity contribution is -0.138. The van der Waals surface area contributed by atoms with Crippen LogP contribution in [-0.2, 0) is 11.2 Å². The summed E-state index contributed by atoms with van der Waals surface area (Å²) in [6.45, 7) is 4.24. The molecule has 1 aromatic heterocycles. The van der Waals surface area contributed by atoms with Gasteiger partial charge in [0, 0.05) is 6.42 Å². The summed E-state index contributed by atoms with van der Waals surface area (Å²) in [5, 5.41) is 9.36. The highest BCUT2D eigenvalue weighted by molar-refractivity contribution is 5.76. The van der Waals surface area contributed by atoms with Gasteiger partial charge in [0.1, 0.15) is 5.76 Å². The summed E-state index contributed by atoms with van der Waals surface area (Å²) in [5.41, 5.74) is 2.03. The molecule has 0 bridgehead atoms. The van der Waals surface area contributed by atoms with Crippen LogP contribution in [0, 0.1) is 0 Å². The van der Waals surface area contributed by atoms with Crippen LogP contribution in [-0.4, -0.2) is 11.1 Å². The monoisotopic (exact) mass is 258 g/mol. The molecule has 0 saturated carbocycles. The van der Waals surface area contributed by atoms with E-state index in [0.29, 0.717) is 18.1 Å². The molecule has 1 aromatic carbocycles. The van der Waals surface area contributed by atoms with E-state index in [1.807, 2.05) is 24.3 Å². The smallest absolute Gasteiger partial charge is 0.311 e. The molecular formula is C16H18O3. The van der Waals surface area contributed by atoms with Crippen LogP contribution in [0.5, 0.6) is 0 Å². The van der Waals surface area contributed by atoms with Crippen LogP contribution in [0.25, 0.3) is 0 Å². The average Bonchev–Trinajstić information content (AvgIpc) is 2.88. The number of carboxylic acids is 1. The first-order chi connectivity index (χ1) is 9.08. The molecule has 19 heavy (non-hydrogen) atoms. The molecule has 1 atom stereocenters. The third kappa shape index (κ3) is 3.25. The van der Waals surface area contributed by atoms with E-state index in [1.54, 1.807) is 18.4 Å². The number of hydrogen-bond donors (Lipinski definition) is 1. The summed E-state index contributed by atoms with van der Waals surface area (Å²) in [7, 11) is 0. The van der Waals surface area contributed by atoms with Crippen LogP contribution in [0.3, 0.4) is 0 Å². The van der Waals surface area contributed by atoms with Gasteiger partial charge in [0.2, 0.25) is 0 Å². The molecule has 3 heteroatoms. The van der Waals surface area contributed by atoms with Gasteiger partial charge in [-0.15, -0.1) is 0 Å². The van der Waals surface area contributed by atoms with Crippen LogP contribution in [0.2, 0.25) is 0 Å². The standard InChI is InChI=1S/C16H18O3/c1-11(2)12-5-7-13(8-6-12)15(16(17)18)10-14-4-3-9-19-14/h3-9,11,15H,10H2,1-2H3,(H,17,18). The Hall–Kier alpha value is -2.03. The van der Waals surface area contributed by atoms with Gasteiger partial charge in [-0.05, 0) is 29.2 Å². The lowest BCUT2D eigenvalue weighted by Gasteiger charge is -2.13. The number of carboxylic acid groups (broad SMARTS) is 1. The van der Waals surface area contributed by atoms with Crippen LogP contribution in [0.15, 0.2) is 47.1 Å². The van der Waals surface area contributed by atoms with E-state index in [0.717, 1.165) is 5.56 Å². The lowest BCUT2D eigenvalue weighted by atomic mass is 9.92. The minimum atomic E-state index is -0.825. The molecule has 100 valence electrons. The zero-order valence-corrected chi connectivity index (χ0v) is 11.2. The fraction of sp³-hybridized carbons (Fsp3) is 0.312. The van der Waals surface area contributed by atoms with Crippen molar-refractivity contribution in [1.82, 2.24) is 0 Å². The normalized spacial score (nSPS) is 12.6. The fourth-order valence-corrected chi connectivity index (χ4v) is 2.09. The Kier molecular flexibility index (Phi) is 4.05. The first-order valence-electron chi connectivity index (χ1n) is 6.43. The van der Waals surface area contributed by atoms with Gasteiger partial charge in [0.25, 0.3) is 0 Å². The van der Waals surface area contributed by atoms with E-state index in [1.165, 1.54) is 5.56 Å². The number of benzene rings is 1. The molecule has 3 nitrogen and oxygen atoms in total. The van der Waals surface area contributed by atoms with Crippen molar-refractivity contribution in [3.05, 3.63) is 59.5 Å². The first kappa shape index (κ1) is 13.4. The van der Waals surface area contributed by atoms with Crippen LogP contribution in [0.4, 0.5) is 0 Å². The second kappa shape index (κ2) is 5.74. The van der Waals surface area contributed by atoms with Gasteiger partial charge in [-0.1, -0.05) is 38.1 Å². The number of carbonyl (C=O) groups is 1. The Bertz CT molecular complexity index is 524. The van der Waals surface area contributed by atoms with Crippen molar-refractivity contribution in [2.24, 2.45) is 0 Å². The van der Waals surface area contributed by atoms with Gasteiger partial charge >= 0.3 is 5.97 Å². The van der Waals surface area contributed by atoms with Gasteiger partial charge < -0.3 is 9.52 Å². The van der Waals surface area contributed by atoms with Crippen LogP contribution < -0.4 is 0 Å². The van der Waals surface area contributed by atoms with Gasteiger partial charge in [0.05, 0.1) is 12.2 Å². The molecule has 1 unspecified atom stereocenters. The van der Waals surface area contributed by atoms with Gasteiger partial charge in [0.15, 0.2) is 0 Å². The molecule has 1 N–H and O–H groups in total. The lowest BCUT2D eigenvalue weighted by Crippen LogP contribution is -2.14. The molecule has 0 amide bonds. The quantitative estimate of drug-likeness (QED) is 0.887. The molecular weight excluding hydrogens is 240 g/mol. The number of aliphatic carboxylic acids is 1. The topological polar surface area (TPSA) is 50.4 Å². The van der Waals surface area contributed by atoms with E-state index in [9.17, 15) is 9.90 Å². The van der Waals surface area contributed by atoms with Gasteiger partial charge in [-0.2, -0.15) is 0 Å².